The summed E-state index contributed by atoms with van der Waals surface area (Å²) < 4.78 is 0. The van der Waals surface area contributed by atoms with Gasteiger partial charge < -0.3 is 10.2 Å². The van der Waals surface area contributed by atoms with Crippen LogP contribution in [0.5, 0.6) is 5.75 Å². The number of nitro groups is 2. The molecule has 0 aliphatic carbocycles. The van der Waals surface area contributed by atoms with Crippen LogP contribution in [-0.4, -0.2) is 26.0 Å². The third-order valence-electron chi connectivity index (χ3n) is 3.46. The molecule has 1 atom stereocenters. The van der Waals surface area contributed by atoms with Gasteiger partial charge in [-0.15, -0.1) is 0 Å². The number of hydrogen-bond donors (Lipinski definition) is 2. The van der Waals surface area contributed by atoms with Gasteiger partial charge in [-0.1, -0.05) is 30.3 Å². The Hall–Kier alpha value is -3.49. The lowest BCUT2D eigenvalue weighted by molar-refractivity contribution is -0.396. The summed E-state index contributed by atoms with van der Waals surface area (Å²) in [5.74, 6) is -3.25. The number of carboxylic acid groups (broad SMARTS) is 1. The van der Waals surface area contributed by atoms with Crippen LogP contribution in [0.2, 0.25) is 0 Å². The molecule has 24 heavy (non-hydrogen) atoms. The molecule has 0 aliphatic heterocycles. The van der Waals surface area contributed by atoms with Crippen LogP contribution in [0.3, 0.4) is 0 Å². The van der Waals surface area contributed by atoms with Crippen LogP contribution >= 0.6 is 0 Å². The standard InChI is InChI=1S/C15H12N2O7/c18-14-12(16(21)22)7-9(8-13(14)17(23)24)6-11(15(19)20)10-4-2-1-3-5-10/h1-5,7-8,11,18H,6H2,(H,19,20)/t11-/m1/s1. The molecule has 0 saturated heterocycles. The van der Waals surface area contributed by atoms with Gasteiger partial charge in [-0.05, 0) is 17.5 Å². The van der Waals surface area contributed by atoms with Gasteiger partial charge in [0.05, 0.1) is 15.8 Å². The predicted octanol–water partition coefficient (Wildman–Crippen LogP) is 2.62. The maximum Gasteiger partial charge on any atom is 0.318 e. The SMILES string of the molecule is O=C(O)[C@H](Cc1cc([N+](=O)[O-])c(O)c([N+](=O)[O-])c1)c1ccccc1. The van der Waals surface area contributed by atoms with Gasteiger partial charge in [-0.3, -0.25) is 25.0 Å². The molecular formula is C15H12N2O7. The average Bonchev–Trinajstić information content (AvgIpc) is 2.53. The molecule has 2 N–H and O–H groups in total. The fraction of sp³-hybridized carbons (Fsp3) is 0.133. The quantitative estimate of drug-likeness (QED) is 0.611. The number of benzene rings is 2. The number of hydrogen-bond acceptors (Lipinski definition) is 6. The molecule has 0 saturated carbocycles. The average molecular weight is 332 g/mol. The highest BCUT2D eigenvalue weighted by Crippen LogP contribution is 2.38. The van der Waals surface area contributed by atoms with Crippen molar-refractivity contribution < 1.29 is 24.9 Å². The van der Waals surface area contributed by atoms with E-state index in [9.17, 15) is 35.2 Å². The maximum absolute atomic E-state index is 11.5. The number of carbonyl (C=O) groups is 1. The minimum atomic E-state index is -1.17. The summed E-state index contributed by atoms with van der Waals surface area (Å²) in [6.07, 6.45) is -0.193. The van der Waals surface area contributed by atoms with Crippen molar-refractivity contribution in [1.82, 2.24) is 0 Å². The molecular weight excluding hydrogens is 320 g/mol. The molecule has 0 heterocycles. The molecule has 0 fully saturated rings. The van der Waals surface area contributed by atoms with Crippen molar-refractivity contribution in [1.29, 1.82) is 0 Å². The Morgan fingerprint density at radius 3 is 1.96 bits per heavy atom. The molecule has 2 aromatic rings. The lowest BCUT2D eigenvalue weighted by Crippen LogP contribution is -2.14. The highest BCUT2D eigenvalue weighted by atomic mass is 16.6. The van der Waals surface area contributed by atoms with Gasteiger partial charge in [0.2, 0.25) is 0 Å². The summed E-state index contributed by atoms with van der Waals surface area (Å²) in [4.78, 5) is 31.5. The van der Waals surface area contributed by atoms with Gasteiger partial charge in [0.25, 0.3) is 5.75 Å². The molecule has 124 valence electrons. The molecule has 0 amide bonds. The Morgan fingerprint density at radius 2 is 1.54 bits per heavy atom. The van der Waals surface area contributed by atoms with Crippen LogP contribution in [0, 0.1) is 20.2 Å². The number of carboxylic acids is 1. The van der Waals surface area contributed by atoms with E-state index in [0.717, 1.165) is 12.1 Å². The first-order valence-electron chi connectivity index (χ1n) is 6.73. The monoisotopic (exact) mass is 332 g/mol. The minimum Gasteiger partial charge on any atom is -0.497 e. The highest BCUT2D eigenvalue weighted by Gasteiger charge is 2.28. The van der Waals surface area contributed by atoms with Crippen LogP contribution in [0.15, 0.2) is 42.5 Å². The van der Waals surface area contributed by atoms with E-state index in [1.54, 1.807) is 30.3 Å². The van der Waals surface area contributed by atoms with Gasteiger partial charge in [0.1, 0.15) is 0 Å². The van der Waals surface area contributed by atoms with Crippen molar-refractivity contribution in [3.63, 3.8) is 0 Å². The number of rotatable bonds is 6. The van der Waals surface area contributed by atoms with E-state index in [1.807, 2.05) is 0 Å². The number of phenols is 1. The van der Waals surface area contributed by atoms with Crippen molar-refractivity contribution in [2.75, 3.05) is 0 Å². The third-order valence-corrected chi connectivity index (χ3v) is 3.46. The van der Waals surface area contributed by atoms with Crippen LogP contribution in [-0.2, 0) is 11.2 Å². The van der Waals surface area contributed by atoms with Crippen LogP contribution in [0.1, 0.15) is 17.0 Å². The molecule has 0 unspecified atom stereocenters. The zero-order valence-corrected chi connectivity index (χ0v) is 12.2. The molecule has 9 nitrogen and oxygen atoms in total. The summed E-state index contributed by atoms with van der Waals surface area (Å²) in [7, 11) is 0. The zero-order chi connectivity index (χ0) is 17.9. The Balaban J connectivity index is 2.49. The number of aromatic hydroxyl groups is 1. The molecule has 2 aromatic carbocycles. The summed E-state index contributed by atoms with van der Waals surface area (Å²) in [5, 5.41) is 40.9. The van der Waals surface area contributed by atoms with Gasteiger partial charge >= 0.3 is 17.3 Å². The van der Waals surface area contributed by atoms with E-state index in [2.05, 4.69) is 0 Å². The van der Waals surface area contributed by atoms with Gasteiger partial charge in [-0.2, -0.15) is 0 Å². The molecule has 0 aromatic heterocycles. The van der Waals surface area contributed by atoms with E-state index in [1.165, 1.54) is 0 Å². The molecule has 0 bridgehead atoms. The van der Waals surface area contributed by atoms with E-state index < -0.39 is 38.9 Å². The zero-order valence-electron chi connectivity index (χ0n) is 12.2. The number of nitro benzene ring substituents is 2. The minimum absolute atomic E-state index is 0.0717. The summed E-state index contributed by atoms with van der Waals surface area (Å²) >= 11 is 0. The van der Waals surface area contributed by atoms with Crippen LogP contribution < -0.4 is 0 Å². The largest absolute Gasteiger partial charge is 0.497 e. The van der Waals surface area contributed by atoms with Crippen LogP contribution in [0.25, 0.3) is 0 Å². The highest BCUT2D eigenvalue weighted by molar-refractivity contribution is 5.76. The second-order valence-corrected chi connectivity index (χ2v) is 5.00. The summed E-state index contributed by atoms with van der Waals surface area (Å²) in [6.45, 7) is 0. The van der Waals surface area contributed by atoms with Crippen molar-refractivity contribution in [2.24, 2.45) is 0 Å². The Morgan fingerprint density at radius 1 is 1.04 bits per heavy atom. The first-order valence-corrected chi connectivity index (χ1v) is 6.73. The first-order chi connectivity index (χ1) is 11.3. The van der Waals surface area contributed by atoms with Crippen molar-refractivity contribution in [3.8, 4) is 5.75 Å². The van der Waals surface area contributed by atoms with Crippen LogP contribution in [0.4, 0.5) is 11.4 Å². The predicted molar refractivity (Wildman–Crippen MR) is 81.9 cm³/mol. The fourth-order valence-corrected chi connectivity index (χ4v) is 2.33. The smallest absolute Gasteiger partial charge is 0.318 e. The number of nitrogens with zero attached hydrogens (tertiary/aromatic N) is 2. The number of phenolic OH excluding ortho intramolecular Hbond substituents is 1. The molecule has 0 aliphatic rings. The van der Waals surface area contributed by atoms with Crippen molar-refractivity contribution in [2.45, 2.75) is 12.3 Å². The van der Waals surface area contributed by atoms with Crippen molar-refractivity contribution in [3.05, 3.63) is 73.8 Å². The maximum atomic E-state index is 11.5. The third kappa shape index (κ3) is 3.46. The Labute approximate surface area is 135 Å². The van der Waals surface area contributed by atoms with Gasteiger partial charge in [-0.25, -0.2) is 0 Å². The second-order valence-electron chi connectivity index (χ2n) is 5.00. The van der Waals surface area contributed by atoms with Crippen molar-refractivity contribution >= 4 is 17.3 Å². The fourth-order valence-electron chi connectivity index (χ4n) is 2.33. The molecule has 0 spiro atoms. The van der Waals surface area contributed by atoms with E-state index >= 15 is 0 Å². The van der Waals surface area contributed by atoms with E-state index in [4.69, 9.17) is 0 Å². The number of aliphatic carboxylic acids is 1. The molecule has 9 heteroatoms. The summed E-state index contributed by atoms with van der Waals surface area (Å²) in [6, 6.07) is 10.1. The van der Waals surface area contributed by atoms with E-state index in [0.29, 0.717) is 5.56 Å². The normalized spacial score (nSPS) is 11.7. The topological polar surface area (TPSA) is 144 Å². The van der Waals surface area contributed by atoms with E-state index in [-0.39, 0.29) is 12.0 Å². The Bertz CT molecular complexity index is 770. The lowest BCUT2D eigenvalue weighted by Gasteiger charge is -2.13. The molecule has 0 radical (unpaired) electrons. The van der Waals surface area contributed by atoms with Gasteiger partial charge in [0, 0.05) is 12.1 Å². The second kappa shape index (κ2) is 6.73. The molecule has 2 rings (SSSR count). The Kier molecular flexibility index (Phi) is 4.73. The van der Waals surface area contributed by atoms with Gasteiger partial charge in [0.15, 0.2) is 0 Å². The lowest BCUT2D eigenvalue weighted by atomic mass is 9.91. The first kappa shape index (κ1) is 16.9. The summed E-state index contributed by atoms with van der Waals surface area (Å²) in [5.41, 5.74) is -1.14.